The normalized spacial score (nSPS) is 13.7. The number of aromatic nitrogens is 2. The Hall–Kier alpha value is -2.34. The molecule has 0 spiro atoms. The van der Waals surface area contributed by atoms with Gasteiger partial charge in [-0.25, -0.2) is 4.98 Å². The number of imidazole rings is 1. The maximum absolute atomic E-state index is 11.5. The molecular formula is C20H22N2O3S. The quantitative estimate of drug-likeness (QED) is 0.700. The third-order valence-corrected chi connectivity index (χ3v) is 5.88. The van der Waals surface area contributed by atoms with Gasteiger partial charge < -0.3 is 9.84 Å². The number of ether oxygens (including phenoxy) is 1. The maximum atomic E-state index is 11.5. The first-order chi connectivity index (χ1) is 12.7. The molecule has 2 heterocycles. The highest BCUT2D eigenvalue weighted by Crippen LogP contribution is 2.35. The Kier molecular flexibility index (Phi) is 4.68. The zero-order valence-electron chi connectivity index (χ0n) is 14.8. The van der Waals surface area contributed by atoms with Gasteiger partial charge in [-0.1, -0.05) is 6.92 Å². The number of rotatable bonds is 6. The zero-order valence-corrected chi connectivity index (χ0v) is 15.6. The highest BCUT2D eigenvalue weighted by molar-refractivity contribution is 7.17. The Morgan fingerprint density at radius 3 is 2.77 bits per heavy atom. The number of thiazole rings is 1. The number of hydrogen-bond acceptors (Lipinski definition) is 4. The van der Waals surface area contributed by atoms with Crippen molar-refractivity contribution in [2.75, 3.05) is 6.61 Å². The van der Waals surface area contributed by atoms with E-state index in [1.54, 1.807) is 11.3 Å². The molecule has 0 radical (unpaired) electrons. The smallest absolute Gasteiger partial charge is 0.309 e. The van der Waals surface area contributed by atoms with Gasteiger partial charge in [0.25, 0.3) is 0 Å². The van der Waals surface area contributed by atoms with Crippen molar-refractivity contribution in [3.05, 3.63) is 40.5 Å². The molecule has 5 nitrogen and oxygen atoms in total. The van der Waals surface area contributed by atoms with Crippen molar-refractivity contribution in [1.29, 1.82) is 0 Å². The van der Waals surface area contributed by atoms with Crippen molar-refractivity contribution in [1.82, 2.24) is 9.38 Å². The van der Waals surface area contributed by atoms with Crippen LogP contribution < -0.4 is 4.74 Å². The molecule has 0 fully saturated rings. The Morgan fingerprint density at radius 2 is 2.04 bits per heavy atom. The van der Waals surface area contributed by atoms with E-state index in [4.69, 9.17) is 9.72 Å². The zero-order chi connectivity index (χ0) is 18.1. The number of fused-ring (bicyclic) bond motifs is 3. The Bertz CT molecular complexity index is 940. The molecule has 0 amide bonds. The highest BCUT2D eigenvalue weighted by atomic mass is 32.1. The van der Waals surface area contributed by atoms with Gasteiger partial charge in [-0.2, -0.15) is 0 Å². The van der Waals surface area contributed by atoms with Gasteiger partial charge in [0.2, 0.25) is 0 Å². The van der Waals surface area contributed by atoms with Crippen LogP contribution in [-0.2, 0) is 24.1 Å². The number of benzene rings is 1. The Balaban J connectivity index is 1.78. The van der Waals surface area contributed by atoms with Gasteiger partial charge in [0.1, 0.15) is 5.75 Å². The first kappa shape index (κ1) is 17.1. The summed E-state index contributed by atoms with van der Waals surface area (Å²) >= 11 is 1.70. The van der Waals surface area contributed by atoms with E-state index in [-0.39, 0.29) is 6.42 Å². The van der Waals surface area contributed by atoms with E-state index >= 15 is 0 Å². The SMILES string of the molecule is CCCOc1ccc(-c2nc3sc4c(n3c2CC(=O)O)CCCC4)cc1. The molecule has 0 atom stereocenters. The number of carboxylic acids is 1. The number of aryl methyl sites for hydroxylation is 2. The summed E-state index contributed by atoms with van der Waals surface area (Å²) in [5.74, 6) is 0.000457. The predicted molar refractivity (Wildman–Crippen MR) is 102 cm³/mol. The number of carbonyl (C=O) groups is 1. The van der Waals surface area contributed by atoms with E-state index in [1.165, 1.54) is 17.0 Å². The van der Waals surface area contributed by atoms with E-state index in [1.807, 2.05) is 24.3 Å². The molecule has 6 heteroatoms. The second-order valence-corrected chi connectivity index (χ2v) is 7.71. The van der Waals surface area contributed by atoms with Gasteiger partial charge in [0, 0.05) is 16.1 Å². The molecule has 3 aromatic rings. The lowest BCUT2D eigenvalue weighted by atomic mass is 10.0. The van der Waals surface area contributed by atoms with Crippen LogP contribution in [0.3, 0.4) is 0 Å². The lowest BCUT2D eigenvalue weighted by Gasteiger charge is -2.12. The average Bonchev–Trinajstić information content (AvgIpc) is 3.17. The lowest BCUT2D eigenvalue weighted by molar-refractivity contribution is -0.136. The molecule has 1 aliphatic carbocycles. The van der Waals surface area contributed by atoms with Crippen LogP contribution in [0, 0.1) is 0 Å². The number of carboxylic acid groups (broad SMARTS) is 1. The predicted octanol–water partition coefficient (Wildman–Crippen LogP) is 4.36. The molecule has 136 valence electrons. The standard InChI is InChI=1S/C20H22N2O3S/c1-2-11-25-14-9-7-13(8-10-14)19-16(12-18(23)24)22-15-5-3-4-6-17(15)26-20(22)21-19/h7-10H,2-6,11-12H2,1H3,(H,23,24). The van der Waals surface area contributed by atoms with Crippen LogP contribution in [-0.4, -0.2) is 27.1 Å². The molecule has 0 unspecified atom stereocenters. The minimum atomic E-state index is -0.827. The van der Waals surface area contributed by atoms with Gasteiger partial charge in [0.15, 0.2) is 4.96 Å². The lowest BCUT2D eigenvalue weighted by Crippen LogP contribution is -2.09. The largest absolute Gasteiger partial charge is 0.494 e. The van der Waals surface area contributed by atoms with Crippen LogP contribution >= 0.6 is 11.3 Å². The molecule has 1 N–H and O–H groups in total. The summed E-state index contributed by atoms with van der Waals surface area (Å²) in [6.45, 7) is 2.76. The third kappa shape index (κ3) is 3.09. The van der Waals surface area contributed by atoms with Gasteiger partial charge in [-0.3, -0.25) is 9.20 Å². The molecule has 0 aliphatic heterocycles. The number of nitrogens with zero attached hydrogens (tertiary/aromatic N) is 2. The second-order valence-electron chi connectivity index (χ2n) is 6.65. The van der Waals surface area contributed by atoms with E-state index in [9.17, 15) is 9.90 Å². The molecule has 1 aliphatic rings. The average molecular weight is 370 g/mol. The summed E-state index contributed by atoms with van der Waals surface area (Å²) in [6.07, 6.45) is 5.39. The van der Waals surface area contributed by atoms with Crippen molar-refractivity contribution in [2.45, 2.75) is 45.4 Å². The fraction of sp³-hybridized carbons (Fsp3) is 0.400. The maximum Gasteiger partial charge on any atom is 0.309 e. The van der Waals surface area contributed by atoms with Crippen LogP contribution in [0.15, 0.2) is 24.3 Å². The summed E-state index contributed by atoms with van der Waals surface area (Å²) in [6, 6.07) is 7.79. The molecule has 1 aromatic carbocycles. The van der Waals surface area contributed by atoms with Crippen molar-refractivity contribution < 1.29 is 14.6 Å². The van der Waals surface area contributed by atoms with E-state index in [0.29, 0.717) is 6.61 Å². The van der Waals surface area contributed by atoms with Crippen molar-refractivity contribution >= 4 is 22.3 Å². The van der Waals surface area contributed by atoms with Crippen LogP contribution in [0.5, 0.6) is 5.75 Å². The van der Waals surface area contributed by atoms with E-state index < -0.39 is 5.97 Å². The molecular weight excluding hydrogens is 348 g/mol. The molecule has 0 bridgehead atoms. The molecule has 0 saturated heterocycles. The molecule has 2 aromatic heterocycles. The fourth-order valence-electron chi connectivity index (χ4n) is 3.56. The summed E-state index contributed by atoms with van der Waals surface area (Å²) in [5.41, 5.74) is 3.75. The van der Waals surface area contributed by atoms with Gasteiger partial charge in [-0.15, -0.1) is 11.3 Å². The number of hydrogen-bond donors (Lipinski definition) is 1. The van der Waals surface area contributed by atoms with E-state index in [0.717, 1.165) is 53.3 Å². The summed E-state index contributed by atoms with van der Waals surface area (Å²) < 4.78 is 7.74. The van der Waals surface area contributed by atoms with Crippen LogP contribution in [0.1, 0.15) is 42.5 Å². The topological polar surface area (TPSA) is 63.8 Å². The minimum Gasteiger partial charge on any atom is -0.494 e. The summed E-state index contributed by atoms with van der Waals surface area (Å²) in [5, 5.41) is 9.44. The van der Waals surface area contributed by atoms with Crippen molar-refractivity contribution in [3.8, 4) is 17.0 Å². The second kappa shape index (κ2) is 7.11. The van der Waals surface area contributed by atoms with Gasteiger partial charge in [-0.05, 0) is 56.4 Å². The molecule has 0 saturated carbocycles. The Labute approximate surface area is 156 Å². The van der Waals surface area contributed by atoms with Gasteiger partial charge >= 0.3 is 5.97 Å². The monoisotopic (exact) mass is 370 g/mol. The van der Waals surface area contributed by atoms with Crippen LogP contribution in [0.4, 0.5) is 0 Å². The summed E-state index contributed by atoms with van der Waals surface area (Å²) in [4.78, 5) is 18.6. The first-order valence-corrected chi connectivity index (χ1v) is 9.96. The minimum absolute atomic E-state index is 0.0201. The summed E-state index contributed by atoms with van der Waals surface area (Å²) in [7, 11) is 0. The molecule has 26 heavy (non-hydrogen) atoms. The molecule has 4 rings (SSSR count). The highest BCUT2D eigenvalue weighted by Gasteiger charge is 2.24. The van der Waals surface area contributed by atoms with Crippen molar-refractivity contribution in [2.24, 2.45) is 0 Å². The van der Waals surface area contributed by atoms with Gasteiger partial charge in [0.05, 0.1) is 24.4 Å². The van der Waals surface area contributed by atoms with Crippen molar-refractivity contribution in [3.63, 3.8) is 0 Å². The number of aliphatic carboxylic acids is 1. The fourth-order valence-corrected chi connectivity index (χ4v) is 4.79. The third-order valence-electron chi connectivity index (χ3n) is 4.73. The van der Waals surface area contributed by atoms with Crippen LogP contribution in [0.25, 0.3) is 16.2 Å². The Morgan fingerprint density at radius 1 is 1.27 bits per heavy atom. The van der Waals surface area contributed by atoms with E-state index in [2.05, 4.69) is 11.3 Å². The van der Waals surface area contributed by atoms with Crippen LogP contribution in [0.2, 0.25) is 0 Å². The first-order valence-electron chi connectivity index (χ1n) is 9.14.